The Morgan fingerprint density at radius 1 is 1.48 bits per heavy atom. The summed E-state index contributed by atoms with van der Waals surface area (Å²) >= 11 is 0. The first-order valence-corrected chi connectivity index (χ1v) is 9.40. The standard InChI is InChI=1S/C20H26N6O/c1-15(2)20(7-4-8-22-13-20)14-26-12-18(24-25-26)11-23-19(27)17-6-3-5-16(9-17)10-21/h3,5-6,9,12,15,22H,4,7-8,11,13-14H2,1-2H3,(H,23,27). The number of nitrogens with zero attached hydrogens (tertiary/aromatic N) is 4. The second kappa shape index (κ2) is 8.31. The molecule has 1 aliphatic rings. The van der Waals surface area contributed by atoms with Crippen LogP contribution in [0.1, 0.15) is 48.3 Å². The van der Waals surface area contributed by atoms with Gasteiger partial charge >= 0.3 is 0 Å². The highest BCUT2D eigenvalue weighted by molar-refractivity contribution is 5.94. The van der Waals surface area contributed by atoms with Crippen molar-refractivity contribution in [2.75, 3.05) is 13.1 Å². The smallest absolute Gasteiger partial charge is 0.251 e. The van der Waals surface area contributed by atoms with Gasteiger partial charge in [-0.3, -0.25) is 9.48 Å². The third-order valence-electron chi connectivity index (χ3n) is 5.48. The van der Waals surface area contributed by atoms with Gasteiger partial charge in [-0.25, -0.2) is 0 Å². The zero-order chi connectivity index (χ0) is 19.3. The average molecular weight is 366 g/mol. The lowest BCUT2D eigenvalue weighted by molar-refractivity contribution is 0.0950. The van der Waals surface area contributed by atoms with E-state index in [2.05, 4.69) is 34.8 Å². The minimum Gasteiger partial charge on any atom is -0.346 e. The van der Waals surface area contributed by atoms with Crippen molar-refractivity contribution in [1.29, 1.82) is 5.26 Å². The molecule has 1 aliphatic heterocycles. The van der Waals surface area contributed by atoms with Crippen molar-refractivity contribution in [2.45, 2.75) is 39.8 Å². The second-order valence-electron chi connectivity index (χ2n) is 7.58. The SMILES string of the molecule is CC(C)C1(Cn2cc(CNC(=O)c3cccc(C#N)c3)nn2)CCCNC1. The van der Waals surface area contributed by atoms with Crippen LogP contribution in [0.3, 0.4) is 0 Å². The Hall–Kier alpha value is -2.72. The van der Waals surface area contributed by atoms with Gasteiger partial charge < -0.3 is 10.6 Å². The van der Waals surface area contributed by atoms with Gasteiger partial charge in [-0.2, -0.15) is 5.26 Å². The maximum absolute atomic E-state index is 12.3. The molecule has 2 heterocycles. The summed E-state index contributed by atoms with van der Waals surface area (Å²) in [6.07, 6.45) is 4.26. The van der Waals surface area contributed by atoms with Gasteiger partial charge in [0.2, 0.25) is 0 Å². The van der Waals surface area contributed by atoms with Crippen LogP contribution in [-0.2, 0) is 13.1 Å². The molecule has 7 nitrogen and oxygen atoms in total. The van der Waals surface area contributed by atoms with Gasteiger partial charge in [-0.15, -0.1) is 5.10 Å². The van der Waals surface area contributed by atoms with E-state index in [4.69, 9.17) is 5.26 Å². The Labute approximate surface area is 159 Å². The topological polar surface area (TPSA) is 95.6 Å². The summed E-state index contributed by atoms with van der Waals surface area (Å²) in [6, 6.07) is 8.68. The van der Waals surface area contributed by atoms with Gasteiger partial charge in [0.1, 0.15) is 5.69 Å². The number of carbonyl (C=O) groups is 1. The molecular weight excluding hydrogens is 340 g/mol. The molecular formula is C20H26N6O. The van der Waals surface area contributed by atoms with E-state index in [1.807, 2.05) is 16.9 Å². The van der Waals surface area contributed by atoms with Crippen molar-refractivity contribution in [2.24, 2.45) is 11.3 Å². The first-order chi connectivity index (χ1) is 13.0. The largest absolute Gasteiger partial charge is 0.346 e. The van der Waals surface area contributed by atoms with Gasteiger partial charge in [0.05, 0.1) is 24.4 Å². The van der Waals surface area contributed by atoms with Crippen molar-refractivity contribution in [3.05, 3.63) is 47.3 Å². The summed E-state index contributed by atoms with van der Waals surface area (Å²) in [4.78, 5) is 12.3. The number of nitriles is 1. The molecule has 0 radical (unpaired) electrons. The van der Waals surface area contributed by atoms with Crippen molar-refractivity contribution in [1.82, 2.24) is 25.6 Å². The number of benzene rings is 1. The molecule has 142 valence electrons. The molecule has 1 atom stereocenters. The van der Waals surface area contributed by atoms with E-state index in [0.717, 1.165) is 25.3 Å². The molecule has 2 N–H and O–H groups in total. The molecule has 2 aromatic rings. The molecule has 1 unspecified atom stereocenters. The van der Waals surface area contributed by atoms with Gasteiger partial charge in [0.25, 0.3) is 5.91 Å². The summed E-state index contributed by atoms with van der Waals surface area (Å²) < 4.78 is 1.89. The number of hydrogen-bond donors (Lipinski definition) is 2. The number of nitrogens with one attached hydrogen (secondary N) is 2. The van der Waals surface area contributed by atoms with Crippen LogP contribution >= 0.6 is 0 Å². The van der Waals surface area contributed by atoms with Crippen LogP contribution in [0.4, 0.5) is 0 Å². The van der Waals surface area contributed by atoms with E-state index in [1.165, 1.54) is 12.8 Å². The monoisotopic (exact) mass is 366 g/mol. The van der Waals surface area contributed by atoms with Gasteiger partial charge in [0, 0.05) is 24.1 Å². The van der Waals surface area contributed by atoms with Crippen molar-refractivity contribution >= 4 is 5.91 Å². The molecule has 1 aromatic carbocycles. The number of rotatable bonds is 6. The van der Waals surface area contributed by atoms with Crippen molar-refractivity contribution in [3.8, 4) is 6.07 Å². The summed E-state index contributed by atoms with van der Waals surface area (Å²) in [5.74, 6) is 0.321. The number of piperidine rings is 1. The molecule has 1 amide bonds. The summed E-state index contributed by atoms with van der Waals surface area (Å²) in [6.45, 7) is 7.73. The highest BCUT2D eigenvalue weighted by atomic mass is 16.1. The Morgan fingerprint density at radius 2 is 2.33 bits per heavy atom. The van der Waals surface area contributed by atoms with E-state index >= 15 is 0 Å². The molecule has 7 heteroatoms. The van der Waals surface area contributed by atoms with E-state index in [9.17, 15) is 4.79 Å². The summed E-state index contributed by atoms with van der Waals surface area (Å²) in [5.41, 5.74) is 1.84. The van der Waals surface area contributed by atoms with Crippen LogP contribution in [-0.4, -0.2) is 34.0 Å². The Morgan fingerprint density at radius 3 is 3.04 bits per heavy atom. The first kappa shape index (κ1) is 19.1. The maximum Gasteiger partial charge on any atom is 0.251 e. The lowest BCUT2D eigenvalue weighted by atomic mass is 9.72. The lowest BCUT2D eigenvalue weighted by Gasteiger charge is -2.41. The molecule has 27 heavy (non-hydrogen) atoms. The molecule has 1 saturated heterocycles. The van der Waals surface area contributed by atoms with E-state index < -0.39 is 0 Å². The minimum absolute atomic E-state index is 0.185. The second-order valence-corrected chi connectivity index (χ2v) is 7.58. The summed E-state index contributed by atoms with van der Waals surface area (Å²) in [5, 5.41) is 23.7. The van der Waals surface area contributed by atoms with Crippen LogP contribution in [0.2, 0.25) is 0 Å². The van der Waals surface area contributed by atoms with E-state index in [1.54, 1.807) is 24.3 Å². The zero-order valence-corrected chi connectivity index (χ0v) is 15.9. The quantitative estimate of drug-likeness (QED) is 0.816. The zero-order valence-electron chi connectivity index (χ0n) is 15.9. The van der Waals surface area contributed by atoms with Crippen LogP contribution in [0.15, 0.2) is 30.5 Å². The molecule has 0 bridgehead atoms. The number of hydrogen-bond acceptors (Lipinski definition) is 5. The average Bonchev–Trinajstić information content (AvgIpc) is 3.14. The molecule has 0 spiro atoms. The Bertz CT molecular complexity index is 829. The third-order valence-corrected chi connectivity index (χ3v) is 5.48. The molecule has 0 aliphatic carbocycles. The molecule has 1 aromatic heterocycles. The Balaban J connectivity index is 1.60. The highest BCUT2D eigenvalue weighted by Gasteiger charge is 2.36. The van der Waals surface area contributed by atoms with Gasteiger partial charge in [-0.1, -0.05) is 25.1 Å². The Kier molecular flexibility index (Phi) is 5.87. The van der Waals surface area contributed by atoms with Crippen molar-refractivity contribution in [3.63, 3.8) is 0 Å². The fourth-order valence-electron chi connectivity index (χ4n) is 3.62. The number of aromatic nitrogens is 3. The van der Waals surface area contributed by atoms with Crippen LogP contribution in [0, 0.1) is 22.7 Å². The predicted molar refractivity (Wildman–Crippen MR) is 102 cm³/mol. The third kappa shape index (κ3) is 4.52. The number of amides is 1. The predicted octanol–water partition coefficient (Wildman–Crippen LogP) is 2.11. The van der Waals surface area contributed by atoms with Crippen LogP contribution in [0.25, 0.3) is 0 Å². The maximum atomic E-state index is 12.3. The van der Waals surface area contributed by atoms with Gasteiger partial charge in [-0.05, 0) is 43.5 Å². The highest BCUT2D eigenvalue weighted by Crippen LogP contribution is 2.36. The number of carbonyl (C=O) groups excluding carboxylic acids is 1. The molecule has 3 rings (SSSR count). The van der Waals surface area contributed by atoms with E-state index in [-0.39, 0.29) is 11.3 Å². The minimum atomic E-state index is -0.225. The van der Waals surface area contributed by atoms with Gasteiger partial charge in [0.15, 0.2) is 0 Å². The fourth-order valence-corrected chi connectivity index (χ4v) is 3.62. The van der Waals surface area contributed by atoms with Crippen molar-refractivity contribution < 1.29 is 4.79 Å². The molecule has 0 saturated carbocycles. The molecule has 1 fully saturated rings. The van der Waals surface area contributed by atoms with Crippen LogP contribution < -0.4 is 10.6 Å². The lowest BCUT2D eigenvalue weighted by Crippen LogP contribution is -2.46. The fraction of sp³-hybridized carbons (Fsp3) is 0.500. The first-order valence-electron chi connectivity index (χ1n) is 9.40. The van der Waals surface area contributed by atoms with Crippen LogP contribution in [0.5, 0.6) is 0 Å². The normalized spacial score (nSPS) is 19.6. The van der Waals surface area contributed by atoms with E-state index in [0.29, 0.717) is 23.6 Å². The summed E-state index contributed by atoms with van der Waals surface area (Å²) in [7, 11) is 0.